The molecule has 0 aliphatic heterocycles. The van der Waals surface area contributed by atoms with Gasteiger partial charge in [0.05, 0.1) is 10.4 Å². The van der Waals surface area contributed by atoms with Crippen LogP contribution in [-0.2, 0) is 6.42 Å². The van der Waals surface area contributed by atoms with Crippen molar-refractivity contribution in [1.29, 1.82) is 0 Å². The smallest absolute Gasteiger partial charge is 0.159 e. The predicted octanol–water partition coefficient (Wildman–Crippen LogP) is 3.43. The summed E-state index contributed by atoms with van der Waals surface area (Å²) in [5.74, 6) is 3.77. The monoisotopic (exact) mass is 288 g/mol. The first-order valence-corrected chi connectivity index (χ1v) is 6.45. The van der Waals surface area contributed by atoms with Gasteiger partial charge in [0.1, 0.15) is 0 Å². The van der Waals surface area contributed by atoms with Gasteiger partial charge in [-0.15, -0.1) is 11.3 Å². The minimum Gasteiger partial charge on any atom is -0.271 e. The highest BCUT2D eigenvalue weighted by Crippen LogP contribution is 2.28. The largest absolute Gasteiger partial charge is 0.271 e. The number of hydrazine groups is 1. The van der Waals surface area contributed by atoms with Crippen LogP contribution < -0.4 is 11.3 Å². The number of nitrogens with one attached hydrogen (secondary N) is 1. The van der Waals surface area contributed by atoms with Crippen LogP contribution in [0, 0.1) is 11.6 Å². The topological polar surface area (TPSA) is 38.0 Å². The fourth-order valence-corrected chi connectivity index (χ4v) is 2.78. The first-order valence-electron chi connectivity index (χ1n) is 5.25. The summed E-state index contributed by atoms with van der Waals surface area (Å²) in [6, 6.07) is 7.29. The summed E-state index contributed by atoms with van der Waals surface area (Å²) in [5, 5.41) is 0. The minimum absolute atomic E-state index is 0.174. The first-order chi connectivity index (χ1) is 8.60. The Morgan fingerprint density at radius 3 is 2.56 bits per heavy atom. The highest BCUT2D eigenvalue weighted by Gasteiger charge is 2.14. The van der Waals surface area contributed by atoms with Crippen LogP contribution >= 0.6 is 22.9 Å². The van der Waals surface area contributed by atoms with Gasteiger partial charge in [-0.25, -0.2) is 8.78 Å². The molecule has 1 aromatic heterocycles. The van der Waals surface area contributed by atoms with E-state index in [9.17, 15) is 8.78 Å². The zero-order valence-corrected chi connectivity index (χ0v) is 10.9. The summed E-state index contributed by atoms with van der Waals surface area (Å²) in [6.45, 7) is 0. The highest BCUT2D eigenvalue weighted by molar-refractivity contribution is 7.16. The molecule has 1 aromatic carbocycles. The summed E-state index contributed by atoms with van der Waals surface area (Å²) >= 11 is 7.25. The molecule has 1 unspecified atom stereocenters. The molecule has 2 aromatic rings. The molecule has 1 heterocycles. The van der Waals surface area contributed by atoms with Crippen LogP contribution in [0.5, 0.6) is 0 Å². The van der Waals surface area contributed by atoms with E-state index in [0.717, 1.165) is 10.9 Å². The first kappa shape index (κ1) is 13.4. The Morgan fingerprint density at radius 2 is 2.00 bits per heavy atom. The van der Waals surface area contributed by atoms with Crippen molar-refractivity contribution in [3.05, 3.63) is 56.7 Å². The molecule has 0 saturated heterocycles. The number of thiophene rings is 1. The van der Waals surface area contributed by atoms with E-state index in [1.165, 1.54) is 23.5 Å². The van der Waals surface area contributed by atoms with Gasteiger partial charge in [0.25, 0.3) is 0 Å². The standard InChI is InChI=1S/C12H11ClF2N2S/c13-12-4-3-11(18-12)10(17-16)6-7-1-2-8(14)9(15)5-7/h1-5,10,17H,6,16H2. The lowest BCUT2D eigenvalue weighted by Crippen LogP contribution is -2.29. The molecule has 3 N–H and O–H groups in total. The second-order valence-corrected chi connectivity index (χ2v) is 5.56. The molecule has 0 aliphatic carbocycles. The fraction of sp³-hybridized carbons (Fsp3) is 0.167. The Balaban J connectivity index is 2.17. The lowest BCUT2D eigenvalue weighted by Gasteiger charge is -2.14. The van der Waals surface area contributed by atoms with E-state index >= 15 is 0 Å². The van der Waals surface area contributed by atoms with E-state index in [1.54, 1.807) is 6.07 Å². The number of nitrogens with two attached hydrogens (primary N) is 1. The normalized spacial score (nSPS) is 12.7. The molecule has 96 valence electrons. The fourth-order valence-electron chi connectivity index (χ4n) is 1.66. The van der Waals surface area contributed by atoms with Gasteiger partial charge in [-0.1, -0.05) is 17.7 Å². The summed E-state index contributed by atoms with van der Waals surface area (Å²) in [6.07, 6.45) is 0.463. The van der Waals surface area contributed by atoms with E-state index < -0.39 is 11.6 Å². The third-order valence-electron chi connectivity index (χ3n) is 2.56. The molecule has 0 radical (unpaired) electrons. The Kier molecular flexibility index (Phi) is 4.29. The van der Waals surface area contributed by atoms with Gasteiger partial charge in [0.15, 0.2) is 11.6 Å². The molecular formula is C12H11ClF2N2S. The lowest BCUT2D eigenvalue weighted by atomic mass is 10.0. The molecule has 2 rings (SSSR count). The van der Waals surface area contributed by atoms with E-state index in [1.807, 2.05) is 6.07 Å². The summed E-state index contributed by atoms with van der Waals surface area (Å²) < 4.78 is 26.6. The molecule has 0 amide bonds. The van der Waals surface area contributed by atoms with Crippen molar-refractivity contribution in [1.82, 2.24) is 5.43 Å². The van der Waals surface area contributed by atoms with Crippen molar-refractivity contribution in [3.8, 4) is 0 Å². The Morgan fingerprint density at radius 1 is 1.22 bits per heavy atom. The van der Waals surface area contributed by atoms with Gasteiger partial charge in [-0.05, 0) is 36.2 Å². The average molecular weight is 289 g/mol. The second kappa shape index (κ2) is 5.75. The number of benzene rings is 1. The maximum Gasteiger partial charge on any atom is 0.159 e. The van der Waals surface area contributed by atoms with E-state index in [0.29, 0.717) is 16.3 Å². The molecule has 0 aliphatic rings. The minimum atomic E-state index is -0.854. The van der Waals surface area contributed by atoms with E-state index in [2.05, 4.69) is 5.43 Å². The van der Waals surface area contributed by atoms with Crippen molar-refractivity contribution < 1.29 is 8.78 Å². The summed E-state index contributed by atoms with van der Waals surface area (Å²) in [5.41, 5.74) is 3.32. The van der Waals surface area contributed by atoms with Gasteiger partial charge in [0, 0.05) is 4.88 Å². The van der Waals surface area contributed by atoms with Crippen molar-refractivity contribution >= 4 is 22.9 Å². The van der Waals surface area contributed by atoms with Gasteiger partial charge in [0.2, 0.25) is 0 Å². The Hall–Kier alpha value is -1.01. The van der Waals surface area contributed by atoms with Crippen LogP contribution in [0.15, 0.2) is 30.3 Å². The predicted molar refractivity (Wildman–Crippen MR) is 69.5 cm³/mol. The average Bonchev–Trinajstić information content (AvgIpc) is 2.77. The number of hydrogen-bond donors (Lipinski definition) is 2. The molecule has 0 spiro atoms. The number of rotatable bonds is 4. The van der Waals surface area contributed by atoms with Crippen LogP contribution in [0.4, 0.5) is 8.78 Å². The summed E-state index contributed by atoms with van der Waals surface area (Å²) in [4.78, 5) is 0.951. The molecule has 1 atom stereocenters. The van der Waals surface area contributed by atoms with Crippen molar-refractivity contribution in [2.75, 3.05) is 0 Å². The quantitative estimate of drug-likeness (QED) is 0.668. The van der Waals surface area contributed by atoms with E-state index in [-0.39, 0.29) is 6.04 Å². The maximum atomic E-state index is 13.1. The molecule has 6 heteroatoms. The van der Waals surface area contributed by atoms with Crippen molar-refractivity contribution in [2.24, 2.45) is 5.84 Å². The Bertz CT molecular complexity index is 545. The SMILES string of the molecule is NNC(Cc1ccc(F)c(F)c1)c1ccc(Cl)s1. The van der Waals surface area contributed by atoms with Crippen molar-refractivity contribution in [3.63, 3.8) is 0 Å². The molecule has 0 bridgehead atoms. The van der Waals surface area contributed by atoms with Crippen LogP contribution in [0.2, 0.25) is 4.34 Å². The van der Waals surface area contributed by atoms with Gasteiger partial charge in [-0.3, -0.25) is 11.3 Å². The second-order valence-electron chi connectivity index (χ2n) is 3.81. The molecule has 2 nitrogen and oxygen atoms in total. The molecule has 0 fully saturated rings. The highest BCUT2D eigenvalue weighted by atomic mass is 35.5. The third kappa shape index (κ3) is 3.05. The molecular weight excluding hydrogens is 278 g/mol. The van der Waals surface area contributed by atoms with Gasteiger partial charge in [-0.2, -0.15) is 0 Å². The maximum absolute atomic E-state index is 13.1. The zero-order chi connectivity index (χ0) is 13.1. The number of hydrogen-bond acceptors (Lipinski definition) is 3. The van der Waals surface area contributed by atoms with Gasteiger partial charge < -0.3 is 0 Å². The number of halogens is 3. The Labute approximate surface area is 112 Å². The lowest BCUT2D eigenvalue weighted by molar-refractivity contribution is 0.503. The van der Waals surface area contributed by atoms with Crippen molar-refractivity contribution in [2.45, 2.75) is 12.5 Å². The molecule has 0 saturated carbocycles. The van der Waals surface area contributed by atoms with E-state index in [4.69, 9.17) is 17.4 Å². The van der Waals surface area contributed by atoms with Gasteiger partial charge >= 0.3 is 0 Å². The zero-order valence-electron chi connectivity index (χ0n) is 9.29. The third-order valence-corrected chi connectivity index (χ3v) is 3.91. The van der Waals surface area contributed by atoms with Crippen LogP contribution in [0.3, 0.4) is 0 Å². The van der Waals surface area contributed by atoms with Crippen LogP contribution in [-0.4, -0.2) is 0 Å². The van der Waals surface area contributed by atoms with Crippen LogP contribution in [0.25, 0.3) is 0 Å². The van der Waals surface area contributed by atoms with Crippen LogP contribution in [0.1, 0.15) is 16.5 Å². The summed E-state index contributed by atoms with van der Waals surface area (Å²) in [7, 11) is 0. The molecule has 18 heavy (non-hydrogen) atoms.